The van der Waals surface area contributed by atoms with Crippen molar-refractivity contribution in [3.05, 3.63) is 36.0 Å². The van der Waals surface area contributed by atoms with Gasteiger partial charge in [0.05, 0.1) is 0 Å². The molecule has 134 valence electrons. The summed E-state index contributed by atoms with van der Waals surface area (Å²) in [5.74, 6) is -0.838. The van der Waals surface area contributed by atoms with Crippen LogP contribution in [-0.4, -0.2) is 16.9 Å². The molecule has 4 heteroatoms. The summed E-state index contributed by atoms with van der Waals surface area (Å²) in [6, 6.07) is 0. The first-order valence-electron chi connectivity index (χ1n) is 8.54. The summed E-state index contributed by atoms with van der Waals surface area (Å²) in [4.78, 5) is 0. The maximum absolute atomic E-state index is 13.8. The molecule has 0 amide bonds. The van der Waals surface area contributed by atoms with Gasteiger partial charge in [0.25, 0.3) is 0 Å². The van der Waals surface area contributed by atoms with Crippen molar-refractivity contribution in [3.8, 4) is 0 Å². The van der Waals surface area contributed by atoms with Crippen molar-refractivity contribution in [2.45, 2.75) is 78.0 Å². The predicted molar refractivity (Wildman–Crippen MR) is 91.3 cm³/mol. The molecule has 0 aromatic heterocycles. The van der Waals surface area contributed by atoms with E-state index < -0.39 is 17.7 Å². The zero-order chi connectivity index (χ0) is 18.1. The van der Waals surface area contributed by atoms with E-state index in [9.17, 15) is 18.3 Å². The lowest BCUT2D eigenvalue weighted by atomic mass is 9.75. The Balaban J connectivity index is 6.01. The minimum absolute atomic E-state index is 0.0611. The van der Waals surface area contributed by atoms with E-state index in [1.165, 1.54) is 12.2 Å². The average Bonchev–Trinajstić information content (AvgIpc) is 2.48. The highest BCUT2D eigenvalue weighted by Gasteiger charge is 2.59. The van der Waals surface area contributed by atoms with E-state index in [2.05, 4.69) is 6.58 Å². The Kier molecular flexibility index (Phi) is 9.52. The molecule has 0 aromatic carbocycles. The second-order valence-corrected chi connectivity index (χ2v) is 5.95. The number of allylic oxidation sites excluding steroid dienone is 3. The van der Waals surface area contributed by atoms with Crippen molar-refractivity contribution in [3.63, 3.8) is 0 Å². The minimum atomic E-state index is -4.71. The summed E-state index contributed by atoms with van der Waals surface area (Å²) in [5.41, 5.74) is -2.13. The van der Waals surface area contributed by atoms with Gasteiger partial charge in [-0.25, -0.2) is 0 Å². The smallest absolute Gasteiger partial charge is 0.376 e. The van der Waals surface area contributed by atoms with Crippen LogP contribution >= 0.6 is 0 Å². The Morgan fingerprint density at radius 3 is 1.91 bits per heavy atom. The Morgan fingerprint density at radius 2 is 1.57 bits per heavy atom. The van der Waals surface area contributed by atoms with Crippen LogP contribution < -0.4 is 0 Å². The Morgan fingerprint density at radius 1 is 1.04 bits per heavy atom. The molecule has 23 heavy (non-hydrogen) atoms. The number of hydrogen-bond donors (Lipinski definition) is 1. The predicted octanol–water partition coefficient (Wildman–Crippen LogP) is 6.36. The first-order valence-corrected chi connectivity index (χ1v) is 8.54. The molecule has 0 saturated carbocycles. The fourth-order valence-corrected chi connectivity index (χ4v) is 2.79. The molecule has 0 radical (unpaired) electrons. The van der Waals surface area contributed by atoms with E-state index in [0.717, 1.165) is 5.57 Å². The van der Waals surface area contributed by atoms with E-state index in [0.29, 0.717) is 38.5 Å². The van der Waals surface area contributed by atoms with E-state index in [1.54, 1.807) is 13.0 Å². The van der Waals surface area contributed by atoms with Crippen LogP contribution in [0.15, 0.2) is 36.0 Å². The molecule has 0 aliphatic carbocycles. The van der Waals surface area contributed by atoms with Crippen molar-refractivity contribution < 1.29 is 18.3 Å². The Labute approximate surface area is 139 Å². The van der Waals surface area contributed by atoms with Crippen LogP contribution in [0, 0.1) is 5.92 Å². The lowest BCUT2D eigenvalue weighted by Gasteiger charge is -2.39. The maximum Gasteiger partial charge on any atom is 0.421 e. The molecule has 0 bridgehead atoms. The summed E-state index contributed by atoms with van der Waals surface area (Å²) in [7, 11) is 0. The molecule has 0 heterocycles. The van der Waals surface area contributed by atoms with E-state index >= 15 is 0 Å². The van der Waals surface area contributed by atoms with Gasteiger partial charge in [-0.05, 0) is 31.3 Å². The van der Waals surface area contributed by atoms with Gasteiger partial charge in [0.15, 0.2) is 5.60 Å². The summed E-state index contributed by atoms with van der Waals surface area (Å²) in [6.45, 7) is 11.1. The SMILES string of the molecule is C=C(/C=C\C(=C/CC)C(O)(C(CCC)CCC)C(F)(F)F)CC. The molecule has 1 N–H and O–H groups in total. The normalized spacial score (nSPS) is 16.1. The van der Waals surface area contributed by atoms with Gasteiger partial charge in [-0.3, -0.25) is 0 Å². The van der Waals surface area contributed by atoms with Crippen molar-refractivity contribution in [2.75, 3.05) is 0 Å². The lowest BCUT2D eigenvalue weighted by Crippen LogP contribution is -2.52. The molecule has 0 aliphatic heterocycles. The number of aliphatic hydroxyl groups is 1. The number of halogens is 3. The Hall–Kier alpha value is -1.03. The topological polar surface area (TPSA) is 20.2 Å². The number of hydrogen-bond acceptors (Lipinski definition) is 1. The first kappa shape index (κ1) is 22.0. The summed E-state index contributed by atoms with van der Waals surface area (Å²) in [6.07, 6.45) is 2.72. The third-order valence-electron chi connectivity index (χ3n) is 4.11. The highest BCUT2D eigenvalue weighted by molar-refractivity contribution is 5.35. The van der Waals surface area contributed by atoms with Crippen molar-refractivity contribution in [1.29, 1.82) is 0 Å². The lowest BCUT2D eigenvalue weighted by molar-refractivity contribution is -0.263. The van der Waals surface area contributed by atoms with Crippen LogP contribution in [0.1, 0.15) is 66.2 Å². The molecule has 1 nitrogen and oxygen atoms in total. The van der Waals surface area contributed by atoms with Crippen LogP contribution in [0.2, 0.25) is 0 Å². The third-order valence-corrected chi connectivity index (χ3v) is 4.11. The van der Waals surface area contributed by atoms with Crippen LogP contribution in [0.3, 0.4) is 0 Å². The summed E-state index contributed by atoms with van der Waals surface area (Å²) in [5, 5.41) is 10.8. The molecule has 0 aromatic rings. The average molecular weight is 332 g/mol. The van der Waals surface area contributed by atoms with Crippen molar-refractivity contribution in [2.24, 2.45) is 5.92 Å². The monoisotopic (exact) mass is 332 g/mol. The number of rotatable bonds is 10. The van der Waals surface area contributed by atoms with Gasteiger partial charge in [-0.1, -0.05) is 70.9 Å². The van der Waals surface area contributed by atoms with Gasteiger partial charge in [-0.15, -0.1) is 0 Å². The maximum atomic E-state index is 13.8. The van der Waals surface area contributed by atoms with E-state index in [1.807, 2.05) is 20.8 Å². The Bertz CT molecular complexity index is 415. The molecular weight excluding hydrogens is 301 g/mol. The first-order chi connectivity index (χ1) is 10.7. The molecule has 0 saturated heterocycles. The van der Waals surface area contributed by atoms with Crippen LogP contribution in [0.25, 0.3) is 0 Å². The second-order valence-electron chi connectivity index (χ2n) is 5.95. The van der Waals surface area contributed by atoms with Gasteiger partial charge >= 0.3 is 6.18 Å². The van der Waals surface area contributed by atoms with Gasteiger partial charge in [0.1, 0.15) is 0 Å². The van der Waals surface area contributed by atoms with E-state index in [-0.39, 0.29) is 5.57 Å². The third kappa shape index (κ3) is 5.83. The van der Waals surface area contributed by atoms with Crippen molar-refractivity contribution >= 4 is 0 Å². The fraction of sp³-hybridized carbons (Fsp3) is 0.684. The molecule has 1 atom stereocenters. The molecule has 0 spiro atoms. The van der Waals surface area contributed by atoms with Crippen LogP contribution in [0.5, 0.6) is 0 Å². The molecule has 0 aliphatic rings. The fourth-order valence-electron chi connectivity index (χ4n) is 2.79. The van der Waals surface area contributed by atoms with Gasteiger partial charge in [-0.2, -0.15) is 13.2 Å². The van der Waals surface area contributed by atoms with Gasteiger partial charge in [0.2, 0.25) is 0 Å². The standard InChI is InChI=1S/C19H31F3O/c1-6-10-16(11-7-2)18(23,19(20,21)22)17(12-8-3)14-13-15(5)9-4/h12-14,16,23H,5-11H2,1-4H3/b14-13-,17-12+. The highest BCUT2D eigenvalue weighted by Crippen LogP contribution is 2.46. The largest absolute Gasteiger partial charge is 0.421 e. The quantitative estimate of drug-likeness (QED) is 0.462. The van der Waals surface area contributed by atoms with Gasteiger partial charge < -0.3 is 5.11 Å². The highest BCUT2D eigenvalue weighted by atomic mass is 19.4. The molecule has 0 fully saturated rings. The zero-order valence-electron chi connectivity index (χ0n) is 14.8. The molecule has 1 unspecified atom stereocenters. The molecule has 0 rings (SSSR count). The van der Waals surface area contributed by atoms with Crippen LogP contribution in [0.4, 0.5) is 13.2 Å². The minimum Gasteiger partial charge on any atom is -0.376 e. The summed E-state index contributed by atoms with van der Waals surface area (Å²) >= 11 is 0. The van der Waals surface area contributed by atoms with Gasteiger partial charge in [0, 0.05) is 5.92 Å². The molecular formula is C19H31F3O. The van der Waals surface area contributed by atoms with Crippen LogP contribution in [-0.2, 0) is 0 Å². The van der Waals surface area contributed by atoms with E-state index in [4.69, 9.17) is 0 Å². The second kappa shape index (κ2) is 9.96. The summed E-state index contributed by atoms with van der Waals surface area (Å²) < 4.78 is 41.5. The number of alkyl halides is 3. The van der Waals surface area contributed by atoms with Crippen molar-refractivity contribution in [1.82, 2.24) is 0 Å². The zero-order valence-corrected chi connectivity index (χ0v) is 14.8.